The second kappa shape index (κ2) is 3.90. The summed E-state index contributed by atoms with van der Waals surface area (Å²) in [5, 5.41) is 3.41. The highest BCUT2D eigenvalue weighted by Gasteiger charge is 2.22. The van der Waals surface area contributed by atoms with Crippen LogP contribution in [0.3, 0.4) is 0 Å². The van der Waals surface area contributed by atoms with Crippen molar-refractivity contribution in [3.8, 4) is 0 Å². The van der Waals surface area contributed by atoms with E-state index in [4.69, 9.17) is 4.74 Å². The highest BCUT2D eigenvalue weighted by atomic mass is 16.5. The quantitative estimate of drug-likeness (QED) is 0.705. The van der Waals surface area contributed by atoms with Gasteiger partial charge < -0.3 is 10.1 Å². The van der Waals surface area contributed by atoms with Crippen LogP contribution in [0.1, 0.15) is 18.6 Å². The third-order valence-electron chi connectivity index (χ3n) is 2.45. The van der Waals surface area contributed by atoms with Crippen molar-refractivity contribution in [3.63, 3.8) is 0 Å². The van der Waals surface area contributed by atoms with E-state index >= 15 is 0 Å². The van der Waals surface area contributed by atoms with Crippen LogP contribution in [0.15, 0.2) is 30.3 Å². The number of benzene rings is 1. The van der Waals surface area contributed by atoms with Gasteiger partial charge in [0, 0.05) is 12.6 Å². The molecule has 0 aromatic heterocycles. The van der Waals surface area contributed by atoms with Gasteiger partial charge in [-0.25, -0.2) is 0 Å². The standard InChI is InChI=1S/C11H15NO/c1-9-11(13-8-7-12-9)10-5-3-2-4-6-10/h2-6,9,11-12H,7-8H2,1H3/t9-,11?/m1/s1. The van der Waals surface area contributed by atoms with Crippen LogP contribution in [-0.4, -0.2) is 19.2 Å². The second-order valence-electron chi connectivity index (χ2n) is 3.44. The molecule has 1 aliphatic heterocycles. The number of ether oxygens (including phenoxy) is 1. The molecule has 2 heteroatoms. The van der Waals surface area contributed by atoms with E-state index in [1.165, 1.54) is 5.56 Å². The van der Waals surface area contributed by atoms with Gasteiger partial charge in [-0.2, -0.15) is 0 Å². The fourth-order valence-electron chi connectivity index (χ4n) is 1.75. The van der Waals surface area contributed by atoms with Crippen LogP contribution >= 0.6 is 0 Å². The molecule has 13 heavy (non-hydrogen) atoms. The van der Waals surface area contributed by atoms with Gasteiger partial charge in [-0.3, -0.25) is 0 Å². The minimum Gasteiger partial charge on any atom is -0.371 e. The van der Waals surface area contributed by atoms with Crippen LogP contribution < -0.4 is 5.32 Å². The summed E-state index contributed by atoms with van der Waals surface area (Å²) in [4.78, 5) is 0. The van der Waals surface area contributed by atoms with Crippen LogP contribution in [-0.2, 0) is 4.74 Å². The molecule has 1 aromatic rings. The zero-order valence-corrected chi connectivity index (χ0v) is 7.86. The van der Waals surface area contributed by atoms with Crippen LogP contribution in [0, 0.1) is 0 Å². The van der Waals surface area contributed by atoms with E-state index in [9.17, 15) is 0 Å². The van der Waals surface area contributed by atoms with E-state index in [0.717, 1.165) is 13.2 Å². The van der Waals surface area contributed by atoms with Crippen LogP contribution in [0.2, 0.25) is 0 Å². The number of nitrogens with one attached hydrogen (secondary N) is 1. The number of hydrogen-bond acceptors (Lipinski definition) is 2. The van der Waals surface area contributed by atoms with Crippen LogP contribution in [0.5, 0.6) is 0 Å². The topological polar surface area (TPSA) is 21.3 Å². The fourth-order valence-corrected chi connectivity index (χ4v) is 1.75. The van der Waals surface area contributed by atoms with Gasteiger partial charge in [0.2, 0.25) is 0 Å². The third-order valence-corrected chi connectivity index (χ3v) is 2.45. The Kier molecular flexibility index (Phi) is 2.62. The highest BCUT2D eigenvalue weighted by Crippen LogP contribution is 2.22. The first kappa shape index (κ1) is 8.73. The Morgan fingerprint density at radius 2 is 2.08 bits per heavy atom. The zero-order valence-electron chi connectivity index (χ0n) is 7.86. The maximum absolute atomic E-state index is 5.71. The lowest BCUT2D eigenvalue weighted by molar-refractivity contribution is -0.000221. The number of hydrogen-bond donors (Lipinski definition) is 1. The average molecular weight is 177 g/mol. The predicted molar refractivity (Wildman–Crippen MR) is 52.6 cm³/mol. The van der Waals surface area contributed by atoms with Gasteiger partial charge in [0.05, 0.1) is 12.7 Å². The summed E-state index contributed by atoms with van der Waals surface area (Å²) in [5.41, 5.74) is 1.27. The van der Waals surface area contributed by atoms with Gasteiger partial charge in [-0.1, -0.05) is 30.3 Å². The number of rotatable bonds is 1. The molecule has 2 nitrogen and oxygen atoms in total. The fraction of sp³-hybridized carbons (Fsp3) is 0.455. The van der Waals surface area contributed by atoms with E-state index in [1.54, 1.807) is 0 Å². The van der Waals surface area contributed by atoms with Gasteiger partial charge in [0.15, 0.2) is 0 Å². The molecule has 0 spiro atoms. The summed E-state index contributed by atoms with van der Waals surface area (Å²) >= 11 is 0. The van der Waals surface area contributed by atoms with Crippen LogP contribution in [0.4, 0.5) is 0 Å². The monoisotopic (exact) mass is 177 g/mol. The molecule has 0 radical (unpaired) electrons. The number of morpholine rings is 1. The van der Waals surface area contributed by atoms with Crippen molar-refractivity contribution in [2.75, 3.05) is 13.2 Å². The van der Waals surface area contributed by atoms with Crippen molar-refractivity contribution in [1.82, 2.24) is 5.32 Å². The molecule has 0 bridgehead atoms. The van der Waals surface area contributed by atoms with Crippen molar-refractivity contribution in [2.24, 2.45) is 0 Å². The molecule has 1 N–H and O–H groups in total. The Labute approximate surface area is 78.9 Å². The van der Waals surface area contributed by atoms with Crippen molar-refractivity contribution in [2.45, 2.75) is 19.1 Å². The minimum atomic E-state index is 0.218. The van der Waals surface area contributed by atoms with E-state index < -0.39 is 0 Å². The lowest BCUT2D eigenvalue weighted by atomic mass is 10.0. The molecule has 1 unspecified atom stereocenters. The summed E-state index contributed by atoms with van der Waals surface area (Å²) in [6.07, 6.45) is 0.218. The molecule has 70 valence electrons. The summed E-state index contributed by atoms with van der Waals surface area (Å²) in [6.45, 7) is 3.94. The molecule has 0 aliphatic carbocycles. The molecule has 0 saturated carbocycles. The summed E-state index contributed by atoms with van der Waals surface area (Å²) in [7, 11) is 0. The van der Waals surface area contributed by atoms with Crippen molar-refractivity contribution >= 4 is 0 Å². The molecule has 1 fully saturated rings. The molecule has 1 saturated heterocycles. The Hall–Kier alpha value is -0.860. The van der Waals surface area contributed by atoms with Gasteiger partial charge in [-0.05, 0) is 12.5 Å². The van der Waals surface area contributed by atoms with Gasteiger partial charge in [0.25, 0.3) is 0 Å². The highest BCUT2D eigenvalue weighted by molar-refractivity contribution is 5.19. The molecule has 0 amide bonds. The maximum Gasteiger partial charge on any atom is 0.0975 e. The van der Waals surface area contributed by atoms with Gasteiger partial charge in [0.1, 0.15) is 0 Å². The predicted octanol–water partition coefficient (Wildman–Crippen LogP) is 1.74. The van der Waals surface area contributed by atoms with E-state index in [2.05, 4.69) is 36.5 Å². The van der Waals surface area contributed by atoms with Crippen molar-refractivity contribution < 1.29 is 4.74 Å². The summed E-state index contributed by atoms with van der Waals surface area (Å²) < 4.78 is 5.71. The SMILES string of the molecule is C[C@H]1NCCOC1c1ccccc1. The normalized spacial score (nSPS) is 28.7. The zero-order chi connectivity index (χ0) is 9.10. The molecule has 1 aliphatic rings. The molecular formula is C11H15NO. The minimum absolute atomic E-state index is 0.218. The van der Waals surface area contributed by atoms with Crippen molar-refractivity contribution in [3.05, 3.63) is 35.9 Å². The van der Waals surface area contributed by atoms with Crippen LogP contribution in [0.25, 0.3) is 0 Å². The molecule has 2 rings (SSSR count). The Morgan fingerprint density at radius 3 is 2.77 bits per heavy atom. The Balaban J connectivity index is 2.15. The Bertz CT molecular complexity index is 260. The smallest absolute Gasteiger partial charge is 0.0975 e. The lowest BCUT2D eigenvalue weighted by Gasteiger charge is -2.30. The van der Waals surface area contributed by atoms with E-state index in [-0.39, 0.29) is 6.10 Å². The first-order valence-corrected chi connectivity index (χ1v) is 4.78. The first-order chi connectivity index (χ1) is 6.38. The average Bonchev–Trinajstić information content (AvgIpc) is 2.20. The summed E-state index contributed by atoms with van der Waals surface area (Å²) in [5.74, 6) is 0. The largest absolute Gasteiger partial charge is 0.371 e. The first-order valence-electron chi connectivity index (χ1n) is 4.78. The van der Waals surface area contributed by atoms with Crippen molar-refractivity contribution in [1.29, 1.82) is 0 Å². The molecule has 1 heterocycles. The van der Waals surface area contributed by atoms with E-state index in [0.29, 0.717) is 6.04 Å². The van der Waals surface area contributed by atoms with E-state index in [1.807, 2.05) is 6.07 Å². The second-order valence-corrected chi connectivity index (χ2v) is 3.44. The Morgan fingerprint density at radius 1 is 1.31 bits per heavy atom. The van der Waals surface area contributed by atoms with Gasteiger partial charge >= 0.3 is 0 Å². The molecule has 2 atom stereocenters. The maximum atomic E-state index is 5.71. The lowest BCUT2D eigenvalue weighted by Crippen LogP contribution is -2.41. The molecular weight excluding hydrogens is 162 g/mol. The van der Waals surface area contributed by atoms with Gasteiger partial charge in [-0.15, -0.1) is 0 Å². The third kappa shape index (κ3) is 1.90. The summed E-state index contributed by atoms with van der Waals surface area (Å²) in [6, 6.07) is 10.8. The molecule has 1 aromatic carbocycles.